The van der Waals surface area contributed by atoms with Crippen LogP contribution in [-0.4, -0.2) is 10.1 Å². The molecule has 8 heteroatoms. The zero-order valence-corrected chi connectivity index (χ0v) is 11.8. The number of benzene rings is 2. The van der Waals surface area contributed by atoms with E-state index >= 15 is 0 Å². The molecule has 2 aromatic carbocycles. The van der Waals surface area contributed by atoms with Crippen LogP contribution in [0.5, 0.6) is 11.5 Å². The number of rotatable bonds is 5. The molecule has 0 amide bonds. The van der Waals surface area contributed by atoms with E-state index in [0.717, 1.165) is 0 Å². The molecule has 0 saturated carbocycles. The first kappa shape index (κ1) is 14.5. The highest BCUT2D eigenvalue weighted by atomic mass is 32.5. The van der Waals surface area contributed by atoms with E-state index in [1.165, 1.54) is 24.3 Å². The molecule has 0 spiro atoms. The molecule has 1 N–H and O–H groups in total. The molecule has 2 aromatic rings. The smallest absolute Gasteiger partial charge is 0.316 e. The fraction of sp³-hybridized carbons (Fsp3) is 0. The summed E-state index contributed by atoms with van der Waals surface area (Å²) in [4.78, 5) is 22.3. The standard InChI is InChI=1S/C12H10NO5PS/c14-13(15)10-6-8-12(9-7-10)18-19(16,20)17-11-4-2-1-3-5-11/h1-9H,(H-,14,15,16,20). The molecule has 0 radical (unpaired) electrons. The predicted molar refractivity (Wildman–Crippen MR) is 73.5 cm³/mol. The molecule has 1 unspecified atom stereocenters. The largest absolute Gasteiger partial charge is 0.760 e. The second-order valence-electron chi connectivity index (χ2n) is 3.71. The Morgan fingerprint density at radius 2 is 1.50 bits per heavy atom. The summed E-state index contributed by atoms with van der Waals surface area (Å²) in [6.45, 7) is -3.75. The number of para-hydroxylation sites is 1. The van der Waals surface area contributed by atoms with Gasteiger partial charge >= 0.3 is 5.69 Å². The molecule has 0 heterocycles. The van der Waals surface area contributed by atoms with Crippen LogP contribution in [0.1, 0.15) is 0 Å². The highest BCUT2D eigenvalue weighted by Crippen LogP contribution is 2.40. The highest BCUT2D eigenvalue weighted by Gasteiger charge is 2.13. The summed E-state index contributed by atoms with van der Waals surface area (Å²) in [7, 11) is 0. The third-order valence-electron chi connectivity index (χ3n) is 2.24. The van der Waals surface area contributed by atoms with E-state index in [-0.39, 0.29) is 16.4 Å². The molecule has 0 aliphatic carbocycles. The number of nitrogens with zero attached hydrogens (tertiary/aromatic N) is 1. The number of hydrogen-bond acceptors (Lipinski definition) is 5. The summed E-state index contributed by atoms with van der Waals surface area (Å²) in [5.74, 6) is 0.508. The van der Waals surface area contributed by atoms with Gasteiger partial charge in [0.25, 0.3) is 4.92 Å². The van der Waals surface area contributed by atoms with Gasteiger partial charge in [0.05, 0.1) is 4.91 Å². The minimum Gasteiger partial charge on any atom is -0.760 e. The van der Waals surface area contributed by atoms with Gasteiger partial charge in [0.15, 0.2) is 0 Å². The van der Waals surface area contributed by atoms with Gasteiger partial charge in [-0.1, -0.05) is 18.2 Å². The van der Waals surface area contributed by atoms with Gasteiger partial charge in [0, 0.05) is 12.1 Å². The van der Waals surface area contributed by atoms with Crippen LogP contribution in [0, 0.1) is 4.91 Å². The molecule has 0 fully saturated rings. The van der Waals surface area contributed by atoms with Crippen molar-refractivity contribution in [1.29, 1.82) is 0 Å². The average Bonchev–Trinajstić information content (AvgIpc) is 2.39. The summed E-state index contributed by atoms with van der Waals surface area (Å²) >= 11 is 4.78. The van der Waals surface area contributed by atoms with Gasteiger partial charge in [0.1, 0.15) is 11.5 Å². The zero-order valence-electron chi connectivity index (χ0n) is 10.1. The normalized spacial score (nSPS) is 13.2. The second kappa shape index (κ2) is 6.00. The maximum Gasteiger partial charge on any atom is 0.316 e. The van der Waals surface area contributed by atoms with Crippen LogP contribution in [0.2, 0.25) is 0 Å². The van der Waals surface area contributed by atoms with Gasteiger partial charge in [-0.15, -0.1) is 0 Å². The van der Waals surface area contributed by atoms with Crippen molar-refractivity contribution < 1.29 is 24.1 Å². The Kier molecular flexibility index (Phi) is 4.34. The van der Waals surface area contributed by atoms with Crippen molar-refractivity contribution in [3.63, 3.8) is 0 Å². The van der Waals surface area contributed by atoms with Crippen LogP contribution in [0.15, 0.2) is 54.6 Å². The minimum absolute atomic E-state index is 0.0144. The van der Waals surface area contributed by atoms with Crippen molar-refractivity contribution in [3.8, 4) is 11.5 Å². The van der Waals surface area contributed by atoms with E-state index in [1.54, 1.807) is 30.3 Å². The first-order valence-electron chi connectivity index (χ1n) is 5.48. The van der Waals surface area contributed by atoms with Gasteiger partial charge in [0.2, 0.25) is 6.72 Å². The molecule has 20 heavy (non-hydrogen) atoms. The monoisotopic (exact) mass is 311 g/mol. The van der Waals surface area contributed by atoms with E-state index in [9.17, 15) is 9.80 Å². The second-order valence-corrected chi connectivity index (χ2v) is 6.31. The summed E-state index contributed by atoms with van der Waals surface area (Å²) in [6.07, 6.45) is 0. The Morgan fingerprint density at radius 1 is 1.00 bits per heavy atom. The van der Waals surface area contributed by atoms with Crippen LogP contribution in [-0.2, 0) is 11.8 Å². The zero-order chi connectivity index (χ0) is 14.6. The maximum atomic E-state index is 12.0. The Bertz CT molecular complexity index is 647. The van der Waals surface area contributed by atoms with Gasteiger partial charge in [-0.2, -0.15) is 0 Å². The van der Waals surface area contributed by atoms with E-state index in [4.69, 9.17) is 26.1 Å². The first-order valence-corrected chi connectivity index (χ1v) is 8.03. The SMILES string of the molecule is O=[N+](O)c1ccc(OP([O-])(=S)Oc2ccccc2)cc1. The highest BCUT2D eigenvalue weighted by molar-refractivity contribution is 8.06. The summed E-state index contributed by atoms with van der Waals surface area (Å²) in [5.41, 5.74) is 0.0144. The summed E-state index contributed by atoms with van der Waals surface area (Å²) in [6, 6.07) is 13.7. The van der Waals surface area contributed by atoms with Crippen LogP contribution in [0.3, 0.4) is 0 Å². The lowest BCUT2D eigenvalue weighted by molar-refractivity contribution is -0.729. The van der Waals surface area contributed by atoms with E-state index in [1.807, 2.05) is 0 Å². The summed E-state index contributed by atoms with van der Waals surface area (Å²) < 4.78 is 10.2. The lowest BCUT2D eigenvalue weighted by atomic mass is 10.3. The van der Waals surface area contributed by atoms with E-state index < -0.39 is 6.72 Å². The van der Waals surface area contributed by atoms with E-state index in [0.29, 0.717) is 5.75 Å². The Labute approximate surface area is 120 Å². The van der Waals surface area contributed by atoms with Crippen LogP contribution < -0.4 is 13.9 Å². The van der Waals surface area contributed by atoms with E-state index in [2.05, 4.69) is 0 Å². The van der Waals surface area contributed by atoms with Crippen LogP contribution in [0.4, 0.5) is 5.69 Å². The molecular weight excluding hydrogens is 301 g/mol. The molecule has 1 atom stereocenters. The molecule has 0 aliphatic heterocycles. The van der Waals surface area contributed by atoms with Crippen molar-refractivity contribution in [2.45, 2.75) is 0 Å². The van der Waals surface area contributed by atoms with Crippen LogP contribution >= 0.6 is 6.72 Å². The lowest BCUT2D eigenvalue weighted by Gasteiger charge is -2.27. The van der Waals surface area contributed by atoms with Crippen molar-refractivity contribution in [2.75, 3.05) is 0 Å². The fourth-order valence-corrected chi connectivity index (χ4v) is 2.71. The molecular formula is C12H10NO5PS. The van der Waals surface area contributed by atoms with Crippen molar-refractivity contribution in [3.05, 3.63) is 59.5 Å². The third-order valence-corrected chi connectivity index (χ3v) is 3.55. The topological polar surface area (TPSA) is 81.8 Å². The molecule has 0 saturated heterocycles. The molecule has 0 aromatic heterocycles. The van der Waals surface area contributed by atoms with Gasteiger partial charge in [-0.3, -0.25) is 0 Å². The minimum atomic E-state index is -3.75. The fourth-order valence-electron chi connectivity index (χ4n) is 1.39. The van der Waals surface area contributed by atoms with Crippen molar-refractivity contribution in [2.24, 2.45) is 0 Å². The Hall–Kier alpha value is -1.95. The van der Waals surface area contributed by atoms with Gasteiger partial charge in [-0.05, 0) is 36.1 Å². The molecule has 0 aliphatic rings. The molecule has 104 valence electrons. The van der Waals surface area contributed by atoms with Crippen molar-refractivity contribution >= 4 is 24.2 Å². The van der Waals surface area contributed by atoms with Gasteiger partial charge < -0.3 is 13.9 Å². The molecule has 0 bridgehead atoms. The first-order chi connectivity index (χ1) is 9.46. The number of hydrogen-bond donors (Lipinski definition) is 1. The predicted octanol–water partition coefficient (Wildman–Crippen LogP) is 2.53. The molecule has 2 rings (SSSR count). The van der Waals surface area contributed by atoms with Gasteiger partial charge in [-0.25, -0.2) is 5.21 Å². The lowest BCUT2D eigenvalue weighted by Crippen LogP contribution is -2.12. The average molecular weight is 311 g/mol. The summed E-state index contributed by atoms with van der Waals surface area (Å²) in [5, 5.41) is 8.68. The Morgan fingerprint density at radius 3 is 2.00 bits per heavy atom. The quantitative estimate of drug-likeness (QED) is 0.675. The molecule has 6 nitrogen and oxygen atoms in total. The van der Waals surface area contributed by atoms with Crippen molar-refractivity contribution in [1.82, 2.24) is 0 Å². The van der Waals surface area contributed by atoms with Crippen LogP contribution in [0.25, 0.3) is 0 Å². The maximum absolute atomic E-state index is 12.0. The Balaban J connectivity index is 2.08. The third kappa shape index (κ3) is 4.03.